The highest BCUT2D eigenvalue weighted by atomic mass is 35.5. The summed E-state index contributed by atoms with van der Waals surface area (Å²) in [5.74, 6) is 0.155. The summed E-state index contributed by atoms with van der Waals surface area (Å²) in [5, 5.41) is 3.78. The number of guanidine groups is 1. The molecule has 0 aliphatic rings. The van der Waals surface area contributed by atoms with Crippen LogP contribution in [0.2, 0.25) is 0 Å². The second-order valence-electron chi connectivity index (χ2n) is 3.80. The SMILES string of the molecule is CCN(CC)/C(N)=N/Nc1ccccc1C(F)(F)F.Cl. The first-order valence-corrected chi connectivity index (χ1v) is 5.90. The maximum atomic E-state index is 12.7. The van der Waals surface area contributed by atoms with Crippen LogP contribution in [-0.4, -0.2) is 23.9 Å². The van der Waals surface area contributed by atoms with Crippen LogP contribution in [0.4, 0.5) is 18.9 Å². The average Bonchev–Trinajstić information content (AvgIpc) is 2.37. The van der Waals surface area contributed by atoms with Crippen molar-refractivity contribution in [3.8, 4) is 0 Å². The predicted molar refractivity (Wildman–Crippen MR) is 76.9 cm³/mol. The fraction of sp³-hybridized carbons (Fsp3) is 0.417. The zero-order chi connectivity index (χ0) is 14.5. The lowest BCUT2D eigenvalue weighted by Crippen LogP contribution is -2.37. The molecule has 0 saturated heterocycles. The number of nitrogens with one attached hydrogen (secondary N) is 1. The molecule has 0 spiro atoms. The van der Waals surface area contributed by atoms with Crippen molar-refractivity contribution in [2.75, 3.05) is 18.5 Å². The fourth-order valence-electron chi connectivity index (χ4n) is 1.56. The van der Waals surface area contributed by atoms with E-state index in [0.717, 1.165) is 6.07 Å². The van der Waals surface area contributed by atoms with Gasteiger partial charge in [-0.05, 0) is 26.0 Å². The first-order valence-electron chi connectivity index (χ1n) is 5.90. The summed E-state index contributed by atoms with van der Waals surface area (Å²) < 4.78 is 38.2. The number of para-hydroxylation sites is 1. The van der Waals surface area contributed by atoms with Gasteiger partial charge >= 0.3 is 6.18 Å². The van der Waals surface area contributed by atoms with Crippen LogP contribution in [0.3, 0.4) is 0 Å². The van der Waals surface area contributed by atoms with Gasteiger partial charge in [-0.15, -0.1) is 17.5 Å². The minimum Gasteiger partial charge on any atom is -0.368 e. The molecule has 0 heterocycles. The number of nitrogens with two attached hydrogens (primary N) is 1. The van der Waals surface area contributed by atoms with Crippen molar-refractivity contribution >= 4 is 24.1 Å². The van der Waals surface area contributed by atoms with Gasteiger partial charge in [-0.1, -0.05) is 12.1 Å². The van der Waals surface area contributed by atoms with Gasteiger partial charge in [0.2, 0.25) is 5.96 Å². The van der Waals surface area contributed by atoms with Crippen molar-refractivity contribution in [2.24, 2.45) is 10.8 Å². The van der Waals surface area contributed by atoms with Crippen molar-refractivity contribution in [2.45, 2.75) is 20.0 Å². The van der Waals surface area contributed by atoms with E-state index in [1.165, 1.54) is 18.2 Å². The molecule has 1 aromatic rings. The molecule has 0 amide bonds. The minimum absolute atomic E-state index is 0. The molecule has 3 N–H and O–H groups in total. The number of halogens is 4. The third-order valence-electron chi connectivity index (χ3n) is 2.61. The van der Waals surface area contributed by atoms with Crippen molar-refractivity contribution < 1.29 is 13.2 Å². The first kappa shape index (κ1) is 18.4. The number of hydrogen-bond donors (Lipinski definition) is 2. The summed E-state index contributed by atoms with van der Waals surface area (Å²) in [6.07, 6.45) is -4.43. The lowest BCUT2D eigenvalue weighted by atomic mass is 10.2. The van der Waals surface area contributed by atoms with Gasteiger partial charge in [0.05, 0.1) is 11.3 Å². The fourth-order valence-corrected chi connectivity index (χ4v) is 1.56. The highest BCUT2D eigenvalue weighted by Gasteiger charge is 2.33. The number of anilines is 1. The van der Waals surface area contributed by atoms with E-state index in [4.69, 9.17) is 5.73 Å². The van der Waals surface area contributed by atoms with Crippen LogP contribution in [0.25, 0.3) is 0 Å². The predicted octanol–water partition coefficient (Wildman–Crippen LogP) is 3.11. The lowest BCUT2D eigenvalue weighted by molar-refractivity contribution is -0.136. The van der Waals surface area contributed by atoms with Gasteiger partial charge in [0.1, 0.15) is 0 Å². The molecule has 4 nitrogen and oxygen atoms in total. The quantitative estimate of drug-likeness (QED) is 0.510. The van der Waals surface area contributed by atoms with Crippen LogP contribution in [0, 0.1) is 0 Å². The smallest absolute Gasteiger partial charge is 0.368 e. The minimum atomic E-state index is -4.43. The summed E-state index contributed by atoms with van der Waals surface area (Å²) >= 11 is 0. The zero-order valence-corrected chi connectivity index (χ0v) is 12.1. The van der Waals surface area contributed by atoms with E-state index in [0.29, 0.717) is 13.1 Å². The van der Waals surface area contributed by atoms with E-state index >= 15 is 0 Å². The van der Waals surface area contributed by atoms with Gasteiger partial charge in [0, 0.05) is 13.1 Å². The standard InChI is InChI=1S/C12H17F3N4.ClH/c1-3-19(4-2)11(16)18-17-10-8-6-5-7-9(10)12(13,14)15;/h5-8,17H,3-4H2,1-2H3,(H2,16,18);1H. The zero-order valence-electron chi connectivity index (χ0n) is 11.2. The Bertz CT molecular complexity index is 445. The number of benzene rings is 1. The second-order valence-corrected chi connectivity index (χ2v) is 3.80. The molecule has 0 aliphatic heterocycles. The molecular formula is C12H18ClF3N4. The van der Waals surface area contributed by atoms with E-state index in [1.807, 2.05) is 13.8 Å². The van der Waals surface area contributed by atoms with E-state index in [-0.39, 0.29) is 24.1 Å². The Morgan fingerprint density at radius 2 is 1.80 bits per heavy atom. The molecule has 0 atom stereocenters. The number of rotatable bonds is 4. The summed E-state index contributed by atoms with van der Waals surface area (Å²) in [4.78, 5) is 1.73. The molecule has 8 heteroatoms. The maximum Gasteiger partial charge on any atom is 0.418 e. The summed E-state index contributed by atoms with van der Waals surface area (Å²) in [5.41, 5.74) is 7.16. The summed E-state index contributed by atoms with van der Waals surface area (Å²) in [6.45, 7) is 5.04. The molecular weight excluding hydrogens is 293 g/mol. The molecule has 1 rings (SSSR count). The molecule has 0 bridgehead atoms. The van der Waals surface area contributed by atoms with Gasteiger partial charge in [-0.2, -0.15) is 13.2 Å². The van der Waals surface area contributed by atoms with Crippen LogP contribution < -0.4 is 11.2 Å². The molecule has 0 aromatic heterocycles. The number of hydrogen-bond acceptors (Lipinski definition) is 2. The van der Waals surface area contributed by atoms with E-state index in [9.17, 15) is 13.2 Å². The Balaban J connectivity index is 0.00000361. The van der Waals surface area contributed by atoms with Gasteiger partial charge < -0.3 is 10.6 Å². The number of hydrazone groups is 1. The molecule has 0 fully saturated rings. The highest BCUT2D eigenvalue weighted by molar-refractivity contribution is 5.85. The van der Waals surface area contributed by atoms with E-state index in [2.05, 4.69) is 10.5 Å². The molecule has 20 heavy (non-hydrogen) atoms. The average molecular weight is 311 g/mol. The number of nitrogens with zero attached hydrogens (tertiary/aromatic N) is 2. The normalized spacial score (nSPS) is 11.8. The Kier molecular flexibility index (Phi) is 7.20. The molecule has 1 aromatic carbocycles. The summed E-state index contributed by atoms with van der Waals surface area (Å²) in [6, 6.07) is 5.12. The molecule has 0 saturated carbocycles. The molecule has 0 radical (unpaired) electrons. The third-order valence-corrected chi connectivity index (χ3v) is 2.61. The van der Waals surface area contributed by atoms with Crippen molar-refractivity contribution in [3.05, 3.63) is 29.8 Å². The first-order chi connectivity index (χ1) is 8.90. The Morgan fingerprint density at radius 1 is 1.25 bits per heavy atom. The van der Waals surface area contributed by atoms with E-state index < -0.39 is 11.7 Å². The molecule has 114 valence electrons. The Hall–Kier alpha value is -1.63. The van der Waals surface area contributed by atoms with Crippen LogP contribution >= 0.6 is 12.4 Å². The lowest BCUT2D eigenvalue weighted by Gasteiger charge is -2.19. The van der Waals surface area contributed by atoms with Gasteiger partial charge in [0.15, 0.2) is 0 Å². The largest absolute Gasteiger partial charge is 0.418 e. The van der Waals surface area contributed by atoms with Crippen LogP contribution in [-0.2, 0) is 6.18 Å². The second kappa shape index (κ2) is 7.84. The monoisotopic (exact) mass is 310 g/mol. The topological polar surface area (TPSA) is 53.6 Å². The number of alkyl halides is 3. The maximum absolute atomic E-state index is 12.7. The molecule has 0 aliphatic carbocycles. The molecule has 0 unspecified atom stereocenters. The van der Waals surface area contributed by atoms with Crippen LogP contribution in [0.15, 0.2) is 29.4 Å². The van der Waals surface area contributed by atoms with E-state index in [1.54, 1.807) is 4.90 Å². The van der Waals surface area contributed by atoms with Crippen LogP contribution in [0.1, 0.15) is 19.4 Å². The summed E-state index contributed by atoms with van der Waals surface area (Å²) in [7, 11) is 0. The Labute approximate surface area is 122 Å². The van der Waals surface area contributed by atoms with Gasteiger partial charge in [-0.3, -0.25) is 5.43 Å². The third kappa shape index (κ3) is 4.80. The van der Waals surface area contributed by atoms with Gasteiger partial charge in [0.25, 0.3) is 0 Å². The van der Waals surface area contributed by atoms with Crippen LogP contribution in [0.5, 0.6) is 0 Å². The van der Waals surface area contributed by atoms with Crippen molar-refractivity contribution in [3.63, 3.8) is 0 Å². The highest BCUT2D eigenvalue weighted by Crippen LogP contribution is 2.34. The Morgan fingerprint density at radius 3 is 2.30 bits per heavy atom. The van der Waals surface area contributed by atoms with Crippen molar-refractivity contribution in [1.82, 2.24) is 4.90 Å². The van der Waals surface area contributed by atoms with Crippen molar-refractivity contribution in [1.29, 1.82) is 0 Å². The van der Waals surface area contributed by atoms with Gasteiger partial charge in [-0.25, -0.2) is 0 Å².